The molecule has 1 atom stereocenters. The number of aromatic carboxylic acids is 1. The van der Waals surface area contributed by atoms with Gasteiger partial charge in [0.1, 0.15) is 18.2 Å². The molecule has 0 unspecified atom stereocenters. The lowest BCUT2D eigenvalue weighted by atomic mass is 9.88. The van der Waals surface area contributed by atoms with Crippen molar-refractivity contribution in [1.82, 2.24) is 20.3 Å². The van der Waals surface area contributed by atoms with Gasteiger partial charge >= 0.3 is 5.97 Å². The minimum absolute atomic E-state index is 0. The van der Waals surface area contributed by atoms with Gasteiger partial charge in [-0.15, -0.1) is 12.4 Å². The minimum atomic E-state index is -4.27. The van der Waals surface area contributed by atoms with Crippen LogP contribution in [-0.2, 0) is 16.6 Å². The molecule has 0 saturated heterocycles. The molecule has 3 N–H and O–H groups in total. The second-order valence-electron chi connectivity index (χ2n) is 13.5. The molecule has 0 amide bonds. The van der Waals surface area contributed by atoms with E-state index in [1.54, 1.807) is 12.3 Å². The average Bonchev–Trinajstić information content (AvgIpc) is 3.00. The van der Waals surface area contributed by atoms with Gasteiger partial charge in [0.2, 0.25) is 11.8 Å². The van der Waals surface area contributed by atoms with E-state index >= 15 is 0 Å². The van der Waals surface area contributed by atoms with Gasteiger partial charge in [-0.25, -0.2) is 27.3 Å². The molecule has 4 aromatic rings. The standard InChI is InChI=1S/C36H42FN5O6S.ClH/c1-22-9-6-10-23(2)33(22)30-17-32(41-35(40-30)42-49(45,46)28-14-7-11-24(15-28)34(43)44)47-21-25(18-36(3,4)5)38-20-31-29(37)16-27(19-39-31)48-26-12-8-13-26;/h6-7,9-11,14-17,19,25-26,38H,8,12-13,18,20-21H2,1-5H3,(H,43,44)(H,40,41,42);1H/t25-;/m1./s1. The molecule has 1 aliphatic carbocycles. The van der Waals surface area contributed by atoms with Gasteiger partial charge in [0.15, 0.2) is 0 Å². The predicted octanol–water partition coefficient (Wildman–Crippen LogP) is 7.12. The Morgan fingerprint density at radius 1 is 1.06 bits per heavy atom. The molecule has 2 aromatic heterocycles. The molecule has 1 saturated carbocycles. The Hall–Kier alpha value is -4.33. The van der Waals surface area contributed by atoms with E-state index in [0.717, 1.165) is 42.0 Å². The normalized spacial score (nSPS) is 13.9. The molecule has 1 fully saturated rings. The van der Waals surface area contributed by atoms with Crippen molar-refractivity contribution >= 4 is 34.3 Å². The third-order valence-corrected chi connectivity index (χ3v) is 9.48. The lowest BCUT2D eigenvalue weighted by Crippen LogP contribution is -2.38. The quantitative estimate of drug-likeness (QED) is 0.122. The zero-order valence-electron chi connectivity index (χ0n) is 28.7. The number of aryl methyl sites for hydroxylation is 2. The predicted molar refractivity (Wildman–Crippen MR) is 191 cm³/mol. The number of halogens is 2. The Labute approximate surface area is 298 Å². The van der Waals surface area contributed by atoms with E-state index in [0.29, 0.717) is 17.9 Å². The summed E-state index contributed by atoms with van der Waals surface area (Å²) in [7, 11) is -4.27. The van der Waals surface area contributed by atoms with Crippen LogP contribution in [0.25, 0.3) is 11.3 Å². The van der Waals surface area contributed by atoms with Gasteiger partial charge < -0.3 is 19.9 Å². The zero-order valence-corrected chi connectivity index (χ0v) is 30.3. The van der Waals surface area contributed by atoms with Crippen LogP contribution in [0, 0.1) is 25.1 Å². The van der Waals surface area contributed by atoms with E-state index in [2.05, 4.69) is 45.8 Å². The highest BCUT2D eigenvalue weighted by atomic mass is 35.5. The number of hydrogen-bond acceptors (Lipinski definition) is 9. The molecule has 0 radical (unpaired) electrons. The van der Waals surface area contributed by atoms with E-state index < -0.39 is 21.8 Å². The first-order chi connectivity index (χ1) is 23.2. The summed E-state index contributed by atoms with van der Waals surface area (Å²) in [5, 5.41) is 12.7. The van der Waals surface area contributed by atoms with Crippen molar-refractivity contribution < 1.29 is 32.2 Å². The van der Waals surface area contributed by atoms with Crippen LogP contribution in [-0.4, -0.2) is 53.2 Å². The molecule has 1 aliphatic rings. The van der Waals surface area contributed by atoms with E-state index in [-0.39, 0.29) is 71.1 Å². The second kappa shape index (κ2) is 16.1. The second-order valence-corrected chi connectivity index (χ2v) is 15.2. The number of sulfonamides is 1. The Bertz CT molecular complexity index is 1910. The smallest absolute Gasteiger partial charge is 0.335 e. The number of carbonyl (C=O) groups is 1. The number of carboxylic acids is 1. The minimum Gasteiger partial charge on any atom is -0.489 e. The van der Waals surface area contributed by atoms with Crippen molar-refractivity contribution in [1.29, 1.82) is 0 Å². The van der Waals surface area contributed by atoms with Gasteiger partial charge in [0.25, 0.3) is 10.0 Å². The Morgan fingerprint density at radius 3 is 2.38 bits per heavy atom. The number of ether oxygens (including phenoxy) is 2. The maximum absolute atomic E-state index is 15.0. The highest BCUT2D eigenvalue weighted by Crippen LogP contribution is 2.30. The highest BCUT2D eigenvalue weighted by molar-refractivity contribution is 7.92. The fourth-order valence-electron chi connectivity index (χ4n) is 5.55. The lowest BCUT2D eigenvalue weighted by molar-refractivity contribution is 0.0696. The summed E-state index contributed by atoms with van der Waals surface area (Å²) in [6, 6.07) is 13.5. The van der Waals surface area contributed by atoms with E-state index in [4.69, 9.17) is 9.47 Å². The van der Waals surface area contributed by atoms with Crippen LogP contribution in [0.3, 0.4) is 0 Å². The molecule has 0 spiro atoms. The Kier molecular flexibility index (Phi) is 12.4. The molecule has 5 rings (SSSR count). The number of nitrogens with zero attached hydrogens (tertiary/aromatic N) is 3. The number of hydrogen-bond donors (Lipinski definition) is 3. The molecular formula is C36H43ClFN5O6S. The summed E-state index contributed by atoms with van der Waals surface area (Å²) >= 11 is 0. The van der Waals surface area contributed by atoms with Crippen LogP contribution in [0.5, 0.6) is 11.6 Å². The number of anilines is 1. The van der Waals surface area contributed by atoms with E-state index in [9.17, 15) is 22.7 Å². The van der Waals surface area contributed by atoms with Crippen molar-refractivity contribution in [3.05, 3.63) is 89.0 Å². The van der Waals surface area contributed by atoms with E-state index in [1.165, 1.54) is 24.3 Å². The number of pyridine rings is 1. The van der Waals surface area contributed by atoms with Crippen LogP contribution >= 0.6 is 12.4 Å². The molecule has 50 heavy (non-hydrogen) atoms. The SMILES string of the molecule is Cc1cccc(C)c1-c1cc(OC[C@@H](CC(C)(C)C)NCc2ncc(OC3CCC3)cc2F)nc(NS(=O)(=O)c2cccc(C(=O)O)c2)n1.Cl. The molecule has 0 bridgehead atoms. The van der Waals surface area contributed by atoms with Crippen LogP contribution in [0.4, 0.5) is 10.3 Å². The summed E-state index contributed by atoms with van der Waals surface area (Å²) < 4.78 is 56.1. The first-order valence-corrected chi connectivity index (χ1v) is 17.6. The third-order valence-electron chi connectivity index (χ3n) is 8.15. The molecule has 11 nitrogen and oxygen atoms in total. The Balaban J connectivity index is 0.00000562. The van der Waals surface area contributed by atoms with Crippen molar-refractivity contribution in [3.8, 4) is 22.9 Å². The Morgan fingerprint density at radius 2 is 1.76 bits per heavy atom. The number of aromatic nitrogens is 3. The number of nitrogens with one attached hydrogen (secondary N) is 2. The summed E-state index contributed by atoms with van der Waals surface area (Å²) in [4.78, 5) is 24.4. The maximum Gasteiger partial charge on any atom is 0.335 e. The first kappa shape index (κ1) is 38.5. The number of rotatable bonds is 14. The van der Waals surface area contributed by atoms with Crippen LogP contribution in [0.2, 0.25) is 0 Å². The zero-order chi connectivity index (χ0) is 35.3. The van der Waals surface area contributed by atoms with E-state index in [1.807, 2.05) is 32.0 Å². The summed E-state index contributed by atoms with van der Waals surface area (Å²) in [6.07, 6.45) is 5.37. The molecule has 268 valence electrons. The van der Waals surface area contributed by atoms with Crippen molar-refractivity contribution in [3.63, 3.8) is 0 Å². The van der Waals surface area contributed by atoms with Gasteiger partial charge in [0.05, 0.1) is 34.1 Å². The van der Waals surface area contributed by atoms with Crippen molar-refractivity contribution in [2.24, 2.45) is 5.41 Å². The highest BCUT2D eigenvalue weighted by Gasteiger charge is 2.24. The fourth-order valence-corrected chi connectivity index (χ4v) is 6.54. The molecule has 2 heterocycles. The molecule has 2 aromatic carbocycles. The summed E-state index contributed by atoms with van der Waals surface area (Å²) in [5.41, 5.74) is 3.02. The molecule has 0 aliphatic heterocycles. The largest absolute Gasteiger partial charge is 0.489 e. The van der Waals surface area contributed by atoms with Crippen molar-refractivity contribution in [2.45, 2.75) is 83.9 Å². The fraction of sp³-hybridized carbons (Fsp3) is 0.389. The summed E-state index contributed by atoms with van der Waals surface area (Å²) in [5.74, 6) is -1.42. The van der Waals surface area contributed by atoms with Gasteiger partial charge in [-0.1, -0.05) is 45.0 Å². The van der Waals surface area contributed by atoms with Gasteiger partial charge in [-0.2, -0.15) is 4.98 Å². The summed E-state index contributed by atoms with van der Waals surface area (Å²) in [6.45, 7) is 10.4. The van der Waals surface area contributed by atoms with Gasteiger partial charge in [-0.05, 0) is 74.3 Å². The maximum atomic E-state index is 15.0. The van der Waals surface area contributed by atoms with Crippen LogP contribution in [0.1, 0.15) is 73.6 Å². The lowest BCUT2D eigenvalue weighted by Gasteiger charge is -2.27. The van der Waals surface area contributed by atoms with Gasteiger partial charge in [-0.3, -0.25) is 4.98 Å². The average molecular weight is 728 g/mol. The van der Waals surface area contributed by atoms with Crippen molar-refractivity contribution in [2.75, 3.05) is 11.3 Å². The topological polar surface area (TPSA) is 153 Å². The first-order valence-electron chi connectivity index (χ1n) is 16.2. The molecule has 14 heteroatoms. The molecular weight excluding hydrogens is 685 g/mol. The number of benzene rings is 2. The van der Waals surface area contributed by atoms with Gasteiger partial charge in [0, 0.05) is 30.3 Å². The van der Waals surface area contributed by atoms with Crippen LogP contribution < -0.4 is 19.5 Å². The number of carboxylic acid groups (broad SMARTS) is 1. The van der Waals surface area contributed by atoms with Crippen LogP contribution in [0.15, 0.2) is 65.7 Å². The monoisotopic (exact) mass is 727 g/mol. The third kappa shape index (κ3) is 10.1.